The molecule has 7 nitrogen and oxygen atoms in total. The maximum atomic E-state index is 12.4. The van der Waals surface area contributed by atoms with Crippen LogP contribution in [0.25, 0.3) is 0 Å². The van der Waals surface area contributed by atoms with Crippen molar-refractivity contribution in [3.8, 4) is 5.75 Å². The Morgan fingerprint density at radius 3 is 2.39 bits per heavy atom. The molecule has 148 valence electrons. The van der Waals surface area contributed by atoms with Crippen LogP contribution in [0.2, 0.25) is 0 Å². The van der Waals surface area contributed by atoms with Crippen LogP contribution in [0.5, 0.6) is 5.75 Å². The lowest BCUT2D eigenvalue weighted by Gasteiger charge is -2.14. The van der Waals surface area contributed by atoms with Crippen LogP contribution >= 0.6 is 12.2 Å². The van der Waals surface area contributed by atoms with Crippen LogP contribution in [-0.2, 0) is 0 Å². The summed E-state index contributed by atoms with van der Waals surface area (Å²) in [7, 11) is 0. The summed E-state index contributed by atoms with van der Waals surface area (Å²) in [4.78, 5) is 24.5. The molecule has 0 atom stereocenters. The van der Waals surface area contributed by atoms with Crippen LogP contribution in [0.15, 0.2) is 48.5 Å². The molecule has 0 aliphatic heterocycles. The van der Waals surface area contributed by atoms with Crippen LogP contribution in [0.4, 0.5) is 5.69 Å². The molecule has 0 bridgehead atoms. The van der Waals surface area contributed by atoms with E-state index < -0.39 is 0 Å². The molecule has 0 aliphatic carbocycles. The molecule has 28 heavy (non-hydrogen) atoms. The summed E-state index contributed by atoms with van der Waals surface area (Å²) in [6.07, 6.45) is 0.0473. The number of nitrogens with one attached hydrogen (secondary N) is 3. The van der Waals surface area contributed by atoms with E-state index in [1.807, 2.05) is 13.8 Å². The molecule has 4 N–H and O–H groups in total. The lowest BCUT2D eigenvalue weighted by atomic mass is 10.1. The monoisotopic (exact) mass is 401 g/mol. The normalized spacial score (nSPS) is 10.3. The van der Waals surface area contributed by atoms with E-state index >= 15 is 0 Å². The number of thiocarbonyl (C=S) groups is 1. The minimum absolute atomic E-state index is 0.0473. The first-order chi connectivity index (χ1) is 13.4. The molecule has 2 rings (SSSR count). The molecule has 0 fully saturated rings. The third-order valence-electron chi connectivity index (χ3n) is 3.53. The zero-order valence-electron chi connectivity index (χ0n) is 15.7. The zero-order chi connectivity index (χ0) is 20.5. The Kier molecular flexibility index (Phi) is 7.91. The summed E-state index contributed by atoms with van der Waals surface area (Å²) in [5.74, 6) is -0.0575. The molecule has 0 radical (unpaired) electrons. The van der Waals surface area contributed by atoms with Crippen LogP contribution in [-0.4, -0.2) is 41.3 Å². The second-order valence-corrected chi connectivity index (χ2v) is 6.53. The molecule has 0 saturated heterocycles. The van der Waals surface area contributed by atoms with E-state index in [0.717, 1.165) is 0 Å². The smallest absolute Gasteiger partial charge is 0.257 e. The van der Waals surface area contributed by atoms with Gasteiger partial charge in [0, 0.05) is 12.1 Å². The van der Waals surface area contributed by atoms with Crippen molar-refractivity contribution in [3.05, 3.63) is 59.7 Å². The van der Waals surface area contributed by atoms with Crippen molar-refractivity contribution in [2.75, 3.05) is 18.5 Å². The average Bonchev–Trinajstić information content (AvgIpc) is 2.66. The number of carbonyl (C=O) groups excluding carboxylic acids is 2. The highest BCUT2D eigenvalue weighted by molar-refractivity contribution is 7.80. The molecule has 0 unspecified atom stereocenters. The molecule has 0 aromatic heterocycles. The van der Waals surface area contributed by atoms with E-state index in [2.05, 4.69) is 16.0 Å². The largest absolute Gasteiger partial charge is 0.491 e. The number of rotatable bonds is 7. The summed E-state index contributed by atoms with van der Waals surface area (Å²) < 4.78 is 5.55. The van der Waals surface area contributed by atoms with Gasteiger partial charge in [-0.3, -0.25) is 14.9 Å². The van der Waals surface area contributed by atoms with Crippen LogP contribution < -0.4 is 20.7 Å². The lowest BCUT2D eigenvalue weighted by molar-refractivity contribution is 0.0944. The Morgan fingerprint density at radius 1 is 1.07 bits per heavy atom. The number of aliphatic hydroxyl groups excluding tert-OH is 1. The van der Waals surface area contributed by atoms with Crippen LogP contribution in [0, 0.1) is 0 Å². The number of carbonyl (C=O) groups is 2. The van der Waals surface area contributed by atoms with Crippen molar-refractivity contribution in [2.24, 2.45) is 0 Å². The molecule has 0 spiro atoms. The van der Waals surface area contributed by atoms with Crippen molar-refractivity contribution in [1.29, 1.82) is 0 Å². The number of anilines is 1. The molecule has 0 saturated carbocycles. The van der Waals surface area contributed by atoms with E-state index in [9.17, 15) is 9.59 Å². The highest BCUT2D eigenvalue weighted by Gasteiger charge is 2.13. The number of hydrogen-bond donors (Lipinski definition) is 4. The number of ether oxygens (including phenoxy) is 1. The van der Waals surface area contributed by atoms with Gasteiger partial charge in [-0.25, -0.2) is 0 Å². The maximum Gasteiger partial charge on any atom is 0.257 e. The number of hydrogen-bond acceptors (Lipinski definition) is 5. The number of benzene rings is 2. The van der Waals surface area contributed by atoms with E-state index in [0.29, 0.717) is 22.6 Å². The van der Waals surface area contributed by atoms with Crippen LogP contribution in [0.3, 0.4) is 0 Å². The van der Waals surface area contributed by atoms with Gasteiger partial charge in [-0.1, -0.05) is 12.1 Å². The fourth-order valence-corrected chi connectivity index (χ4v) is 2.54. The summed E-state index contributed by atoms with van der Waals surface area (Å²) in [5, 5.41) is 16.9. The second kappa shape index (κ2) is 10.4. The number of aliphatic hydroxyl groups is 1. The van der Waals surface area contributed by atoms with E-state index in [1.54, 1.807) is 48.5 Å². The highest BCUT2D eigenvalue weighted by Crippen LogP contribution is 2.16. The van der Waals surface area contributed by atoms with Gasteiger partial charge in [-0.15, -0.1) is 0 Å². The van der Waals surface area contributed by atoms with Crippen molar-refractivity contribution in [1.82, 2.24) is 10.6 Å². The Balaban J connectivity index is 2.00. The van der Waals surface area contributed by atoms with Gasteiger partial charge < -0.3 is 20.5 Å². The minimum Gasteiger partial charge on any atom is -0.491 e. The highest BCUT2D eigenvalue weighted by atomic mass is 32.1. The quantitative estimate of drug-likeness (QED) is 0.532. The summed E-state index contributed by atoms with van der Waals surface area (Å²) in [5.41, 5.74) is 1.22. The third-order valence-corrected chi connectivity index (χ3v) is 3.74. The van der Waals surface area contributed by atoms with Crippen molar-refractivity contribution < 1.29 is 19.4 Å². The van der Waals surface area contributed by atoms with Crippen molar-refractivity contribution in [2.45, 2.75) is 20.0 Å². The van der Waals surface area contributed by atoms with Crippen molar-refractivity contribution >= 4 is 34.8 Å². The summed E-state index contributed by atoms with van der Waals surface area (Å²) in [6, 6.07) is 13.5. The molecule has 0 heterocycles. The van der Waals surface area contributed by atoms with E-state index in [1.165, 1.54) is 0 Å². The van der Waals surface area contributed by atoms with Crippen molar-refractivity contribution in [3.63, 3.8) is 0 Å². The molecular formula is C20H23N3O4S. The summed E-state index contributed by atoms with van der Waals surface area (Å²) >= 11 is 5.19. The predicted molar refractivity (Wildman–Crippen MR) is 112 cm³/mol. The van der Waals surface area contributed by atoms with Gasteiger partial charge >= 0.3 is 0 Å². The Bertz CT molecular complexity index is 838. The molecule has 0 aliphatic rings. The SMILES string of the molecule is CC(C)Oc1ccc(C(=O)NC(=S)Nc2ccccc2C(=O)NCCO)cc1. The third kappa shape index (κ3) is 6.33. The van der Waals surface area contributed by atoms with E-state index in [-0.39, 0.29) is 36.2 Å². The summed E-state index contributed by atoms with van der Waals surface area (Å²) in [6.45, 7) is 3.83. The van der Waals surface area contributed by atoms with E-state index in [4.69, 9.17) is 22.1 Å². The standard InChI is InChI=1S/C20H23N3O4S/c1-13(2)27-15-9-7-14(8-10-15)18(25)23-20(28)22-17-6-4-3-5-16(17)19(26)21-11-12-24/h3-10,13,24H,11-12H2,1-2H3,(H,21,26)(H2,22,23,25,28). The first kappa shape index (κ1) is 21.3. The first-order valence-electron chi connectivity index (χ1n) is 8.78. The Hall–Kier alpha value is -2.97. The Morgan fingerprint density at radius 2 is 1.75 bits per heavy atom. The fraction of sp³-hybridized carbons (Fsp3) is 0.250. The lowest BCUT2D eigenvalue weighted by Crippen LogP contribution is -2.35. The molecule has 2 amide bonds. The maximum absolute atomic E-state index is 12.4. The molecule has 2 aromatic rings. The molecular weight excluding hydrogens is 378 g/mol. The van der Waals surface area contributed by atoms with Gasteiger partial charge in [0.1, 0.15) is 5.75 Å². The molecule has 8 heteroatoms. The predicted octanol–water partition coefficient (Wildman–Crippen LogP) is 2.32. The number of para-hydroxylation sites is 1. The van der Waals surface area contributed by atoms with Gasteiger partial charge in [-0.2, -0.15) is 0 Å². The van der Waals surface area contributed by atoms with Gasteiger partial charge in [-0.05, 0) is 62.5 Å². The van der Waals surface area contributed by atoms with Gasteiger partial charge in [0.25, 0.3) is 11.8 Å². The average molecular weight is 401 g/mol. The first-order valence-corrected chi connectivity index (χ1v) is 9.18. The van der Waals surface area contributed by atoms with Gasteiger partial charge in [0.15, 0.2) is 5.11 Å². The second-order valence-electron chi connectivity index (χ2n) is 6.12. The Labute approximate surface area is 169 Å². The van der Waals surface area contributed by atoms with Crippen LogP contribution in [0.1, 0.15) is 34.6 Å². The zero-order valence-corrected chi connectivity index (χ0v) is 16.5. The van der Waals surface area contributed by atoms with Gasteiger partial charge in [0.05, 0.1) is 24.0 Å². The minimum atomic E-state index is -0.379. The van der Waals surface area contributed by atoms with Gasteiger partial charge in [0.2, 0.25) is 0 Å². The molecule has 2 aromatic carbocycles. The topological polar surface area (TPSA) is 99.7 Å². The number of amides is 2. The fourth-order valence-electron chi connectivity index (χ4n) is 2.34.